The number of amides is 1. The third kappa shape index (κ3) is 5.08. The van der Waals surface area contributed by atoms with Gasteiger partial charge in [-0.05, 0) is 38.3 Å². The zero-order valence-electron chi connectivity index (χ0n) is 15.9. The zero-order chi connectivity index (χ0) is 20.3. The highest BCUT2D eigenvalue weighted by atomic mass is 35.5. The van der Waals surface area contributed by atoms with Gasteiger partial charge >= 0.3 is 6.18 Å². The van der Waals surface area contributed by atoms with Crippen LogP contribution in [0.3, 0.4) is 0 Å². The smallest absolute Gasteiger partial charge is 0.355 e. The second-order valence-corrected chi connectivity index (χ2v) is 7.91. The molecule has 0 saturated carbocycles. The molecule has 3 heterocycles. The Bertz CT molecular complexity index is 684. The van der Waals surface area contributed by atoms with Gasteiger partial charge in [-0.3, -0.25) is 4.79 Å². The minimum absolute atomic E-state index is 0.0135. The van der Waals surface area contributed by atoms with Crippen LogP contribution in [0.2, 0.25) is 5.02 Å². The van der Waals surface area contributed by atoms with Gasteiger partial charge in [0.05, 0.1) is 10.6 Å². The number of likely N-dealkylation sites (tertiary alicyclic amines) is 1. The molecule has 156 valence electrons. The first-order chi connectivity index (χ1) is 13.3. The Morgan fingerprint density at radius 1 is 1.21 bits per heavy atom. The fraction of sp³-hybridized carbons (Fsp3) is 0.684. The lowest BCUT2D eigenvalue weighted by Crippen LogP contribution is -2.48. The van der Waals surface area contributed by atoms with Crippen molar-refractivity contribution in [1.29, 1.82) is 0 Å². The second kappa shape index (κ2) is 8.86. The van der Waals surface area contributed by atoms with Gasteiger partial charge in [0.2, 0.25) is 5.91 Å². The van der Waals surface area contributed by atoms with E-state index in [2.05, 4.69) is 22.1 Å². The van der Waals surface area contributed by atoms with Crippen LogP contribution in [0.5, 0.6) is 0 Å². The number of rotatable bonds is 4. The van der Waals surface area contributed by atoms with Crippen LogP contribution in [-0.4, -0.2) is 54.6 Å². The molecule has 1 aromatic heterocycles. The van der Waals surface area contributed by atoms with Crippen LogP contribution in [0.1, 0.15) is 38.2 Å². The van der Waals surface area contributed by atoms with Gasteiger partial charge < -0.3 is 15.1 Å². The number of piperidine rings is 2. The molecule has 0 radical (unpaired) electrons. The van der Waals surface area contributed by atoms with Crippen LogP contribution in [0, 0.1) is 5.92 Å². The summed E-state index contributed by atoms with van der Waals surface area (Å²) in [7, 11) is 0. The highest BCUT2D eigenvalue weighted by molar-refractivity contribution is 6.33. The molecule has 0 atom stereocenters. The van der Waals surface area contributed by atoms with E-state index in [9.17, 15) is 18.0 Å². The number of hydrogen-bond acceptors (Lipinski definition) is 4. The molecule has 1 amide bonds. The summed E-state index contributed by atoms with van der Waals surface area (Å²) >= 11 is 6.03. The van der Waals surface area contributed by atoms with E-state index in [1.165, 1.54) is 0 Å². The highest BCUT2D eigenvalue weighted by Crippen LogP contribution is 2.34. The average molecular weight is 419 g/mol. The first kappa shape index (κ1) is 21.2. The minimum atomic E-state index is -4.46. The Labute approximate surface area is 168 Å². The van der Waals surface area contributed by atoms with Crippen LogP contribution in [0.15, 0.2) is 12.3 Å². The number of hydrogen-bond donors (Lipinski definition) is 1. The summed E-state index contributed by atoms with van der Waals surface area (Å²) < 4.78 is 38.3. The van der Waals surface area contributed by atoms with Crippen LogP contribution in [-0.2, 0) is 11.0 Å². The first-order valence-electron chi connectivity index (χ1n) is 9.78. The lowest BCUT2D eigenvalue weighted by Gasteiger charge is -2.35. The lowest BCUT2D eigenvalue weighted by molar-refractivity contribution is -0.137. The Hall–Kier alpha value is -1.54. The number of carbonyl (C=O) groups is 1. The number of halogens is 4. The van der Waals surface area contributed by atoms with Gasteiger partial charge in [-0.15, -0.1) is 0 Å². The summed E-state index contributed by atoms with van der Waals surface area (Å²) in [5, 5.41) is 3.16. The predicted octanol–water partition coefficient (Wildman–Crippen LogP) is 3.57. The molecule has 2 aliphatic rings. The summed E-state index contributed by atoms with van der Waals surface area (Å²) in [4.78, 5) is 20.7. The predicted molar refractivity (Wildman–Crippen MR) is 102 cm³/mol. The average Bonchev–Trinajstić information content (AvgIpc) is 2.68. The minimum Gasteiger partial charge on any atom is -0.355 e. The fourth-order valence-electron chi connectivity index (χ4n) is 3.88. The van der Waals surface area contributed by atoms with Gasteiger partial charge in [0.25, 0.3) is 0 Å². The van der Waals surface area contributed by atoms with Crippen molar-refractivity contribution in [3.8, 4) is 0 Å². The summed E-state index contributed by atoms with van der Waals surface area (Å²) in [5.41, 5.74) is -0.857. The molecule has 5 nitrogen and oxygen atoms in total. The topological polar surface area (TPSA) is 48.5 Å². The molecule has 2 aliphatic heterocycles. The summed E-state index contributed by atoms with van der Waals surface area (Å²) in [6.45, 7) is 6.30. The number of nitrogens with one attached hydrogen (secondary N) is 1. The van der Waals surface area contributed by atoms with Crippen molar-refractivity contribution in [2.45, 2.75) is 44.8 Å². The van der Waals surface area contributed by atoms with E-state index in [4.69, 9.17) is 11.6 Å². The molecular formula is C19H26ClF3N4O. The largest absolute Gasteiger partial charge is 0.417 e. The standard InChI is InChI=1S/C19H26ClF3N4O/c1-2-26-7-5-15(6-8-26)25-18(28)13-3-9-27(10-4-13)17-16(20)11-14(12-24-17)19(21,22)23/h11-13,15H,2-10H2,1H3,(H,25,28). The highest BCUT2D eigenvalue weighted by Gasteiger charge is 2.33. The van der Waals surface area contributed by atoms with Crippen LogP contribution >= 0.6 is 11.6 Å². The Morgan fingerprint density at radius 2 is 1.86 bits per heavy atom. The fourth-order valence-corrected chi connectivity index (χ4v) is 4.17. The van der Waals surface area contributed by atoms with Gasteiger partial charge in [0, 0.05) is 44.3 Å². The molecule has 2 saturated heterocycles. The Morgan fingerprint density at radius 3 is 2.39 bits per heavy atom. The number of nitrogens with zero attached hydrogens (tertiary/aromatic N) is 3. The van der Waals surface area contributed by atoms with Gasteiger partial charge in [-0.1, -0.05) is 18.5 Å². The summed E-state index contributed by atoms with van der Waals surface area (Å²) in [6, 6.07) is 1.14. The van der Waals surface area contributed by atoms with Gasteiger partial charge in [0.15, 0.2) is 0 Å². The first-order valence-corrected chi connectivity index (χ1v) is 10.2. The molecule has 0 aliphatic carbocycles. The third-order valence-electron chi connectivity index (χ3n) is 5.70. The maximum Gasteiger partial charge on any atom is 0.417 e. The third-order valence-corrected chi connectivity index (χ3v) is 5.97. The van der Waals surface area contributed by atoms with Crippen molar-refractivity contribution in [3.63, 3.8) is 0 Å². The van der Waals surface area contributed by atoms with Crippen LogP contribution in [0.4, 0.5) is 19.0 Å². The molecule has 0 bridgehead atoms. The molecule has 0 spiro atoms. The van der Waals surface area contributed by atoms with Crippen molar-refractivity contribution in [1.82, 2.24) is 15.2 Å². The monoisotopic (exact) mass is 418 g/mol. The molecule has 1 N–H and O–H groups in total. The van der Waals surface area contributed by atoms with Crippen LogP contribution in [0.25, 0.3) is 0 Å². The van der Waals surface area contributed by atoms with Gasteiger partial charge in [-0.25, -0.2) is 4.98 Å². The summed E-state index contributed by atoms with van der Waals surface area (Å²) in [5.74, 6) is 0.357. The molecular weight excluding hydrogens is 393 g/mol. The van der Waals surface area contributed by atoms with Crippen LogP contribution < -0.4 is 10.2 Å². The Balaban J connectivity index is 1.51. The van der Waals surface area contributed by atoms with Crippen molar-refractivity contribution in [3.05, 3.63) is 22.8 Å². The number of aromatic nitrogens is 1. The van der Waals surface area contributed by atoms with E-state index in [0.717, 1.165) is 44.7 Å². The SMILES string of the molecule is CCN1CCC(NC(=O)C2CCN(c3ncc(C(F)(F)F)cc3Cl)CC2)CC1. The Kier molecular flexibility index (Phi) is 6.70. The number of alkyl halides is 3. The van der Waals surface area contributed by atoms with Crippen molar-refractivity contribution in [2.24, 2.45) is 5.92 Å². The van der Waals surface area contributed by atoms with Crippen molar-refractivity contribution in [2.75, 3.05) is 37.6 Å². The van der Waals surface area contributed by atoms with E-state index in [0.29, 0.717) is 31.7 Å². The molecule has 9 heteroatoms. The molecule has 28 heavy (non-hydrogen) atoms. The lowest BCUT2D eigenvalue weighted by atomic mass is 9.94. The summed E-state index contributed by atoms with van der Waals surface area (Å²) in [6.07, 6.45) is -0.430. The maximum atomic E-state index is 12.8. The normalized spacial score (nSPS) is 20.4. The van der Waals surface area contributed by atoms with E-state index >= 15 is 0 Å². The molecule has 3 rings (SSSR count). The second-order valence-electron chi connectivity index (χ2n) is 7.51. The van der Waals surface area contributed by atoms with Crippen molar-refractivity contribution < 1.29 is 18.0 Å². The van der Waals surface area contributed by atoms with Gasteiger partial charge in [0.1, 0.15) is 5.82 Å². The molecule has 2 fully saturated rings. The maximum absolute atomic E-state index is 12.8. The van der Waals surface area contributed by atoms with Gasteiger partial charge in [-0.2, -0.15) is 13.2 Å². The van der Waals surface area contributed by atoms with E-state index in [-0.39, 0.29) is 22.9 Å². The number of carbonyl (C=O) groups excluding carboxylic acids is 1. The van der Waals surface area contributed by atoms with E-state index < -0.39 is 11.7 Å². The molecule has 0 aromatic carbocycles. The number of pyridine rings is 1. The number of anilines is 1. The van der Waals surface area contributed by atoms with E-state index in [1.54, 1.807) is 0 Å². The molecule has 0 unspecified atom stereocenters. The van der Waals surface area contributed by atoms with Crippen molar-refractivity contribution >= 4 is 23.3 Å². The quantitative estimate of drug-likeness (QED) is 0.812. The van der Waals surface area contributed by atoms with E-state index in [1.807, 2.05) is 4.90 Å². The zero-order valence-corrected chi connectivity index (χ0v) is 16.7. The molecule has 1 aromatic rings.